The van der Waals surface area contributed by atoms with Crippen LogP contribution in [0.1, 0.15) is 6.92 Å². The van der Waals surface area contributed by atoms with E-state index < -0.39 is 23.5 Å². The van der Waals surface area contributed by atoms with E-state index in [1.807, 2.05) is 0 Å². The first kappa shape index (κ1) is 12.1. The van der Waals surface area contributed by atoms with Crippen LogP contribution >= 0.6 is 0 Å². The van der Waals surface area contributed by atoms with Gasteiger partial charge in [-0.1, -0.05) is 0 Å². The number of nitrogens with one attached hydrogen (secondary N) is 1. The Morgan fingerprint density at radius 3 is 2.56 bits per heavy atom. The molecule has 0 heterocycles. The molecule has 0 unspecified atom stereocenters. The molecule has 16 heavy (non-hydrogen) atoms. The second-order valence-electron chi connectivity index (χ2n) is 2.80. The fourth-order valence-electron chi connectivity index (χ4n) is 0.953. The van der Waals surface area contributed by atoms with Gasteiger partial charge < -0.3 is 10.1 Å². The van der Waals surface area contributed by atoms with Crippen molar-refractivity contribution in [2.24, 2.45) is 0 Å². The molecule has 0 fully saturated rings. The molecule has 0 aliphatic heterocycles. The number of halogens is 2. The Labute approximate surface area is 90.2 Å². The predicted molar refractivity (Wildman–Crippen MR) is 51.6 cm³/mol. The molecule has 0 saturated carbocycles. The second kappa shape index (κ2) is 5.20. The quantitative estimate of drug-likeness (QED) is 0.617. The summed E-state index contributed by atoms with van der Waals surface area (Å²) in [6, 6.07) is 2.75. The molecule has 1 N–H and O–H groups in total. The van der Waals surface area contributed by atoms with Crippen LogP contribution in [0.15, 0.2) is 18.2 Å². The van der Waals surface area contributed by atoms with E-state index in [4.69, 9.17) is 0 Å². The maximum Gasteiger partial charge on any atom is 0.397 e. The van der Waals surface area contributed by atoms with E-state index in [9.17, 15) is 18.4 Å². The maximum atomic E-state index is 12.7. The van der Waals surface area contributed by atoms with E-state index in [0.717, 1.165) is 18.2 Å². The molecule has 86 valence electrons. The van der Waals surface area contributed by atoms with Crippen molar-refractivity contribution in [3.05, 3.63) is 29.8 Å². The molecule has 1 rings (SSSR count). The summed E-state index contributed by atoms with van der Waals surface area (Å²) in [5.74, 6) is -4.25. The van der Waals surface area contributed by atoms with Crippen molar-refractivity contribution < 1.29 is 23.1 Å². The van der Waals surface area contributed by atoms with E-state index >= 15 is 0 Å². The lowest BCUT2D eigenvalue weighted by Gasteiger charge is -2.04. The van der Waals surface area contributed by atoms with Crippen LogP contribution in [-0.4, -0.2) is 18.5 Å². The molecule has 4 nitrogen and oxygen atoms in total. The molecule has 0 spiro atoms. The van der Waals surface area contributed by atoms with Gasteiger partial charge in [0.05, 0.1) is 6.61 Å². The van der Waals surface area contributed by atoms with Gasteiger partial charge in [0.2, 0.25) is 0 Å². The molecule has 0 aliphatic rings. The van der Waals surface area contributed by atoms with Gasteiger partial charge in [-0.25, -0.2) is 13.6 Å². The summed E-state index contributed by atoms with van der Waals surface area (Å²) >= 11 is 0. The zero-order valence-corrected chi connectivity index (χ0v) is 8.42. The molecular formula is C10H9F2NO3. The smallest absolute Gasteiger partial charge is 0.397 e. The SMILES string of the molecule is CCOC(=O)C(=O)Nc1ccc(F)c(F)c1. The normalized spacial score (nSPS) is 9.69. The van der Waals surface area contributed by atoms with E-state index in [0.29, 0.717) is 0 Å². The Morgan fingerprint density at radius 1 is 1.31 bits per heavy atom. The van der Waals surface area contributed by atoms with Crippen LogP contribution in [0.5, 0.6) is 0 Å². The van der Waals surface area contributed by atoms with Crippen LogP contribution < -0.4 is 5.32 Å². The van der Waals surface area contributed by atoms with Crippen molar-refractivity contribution >= 4 is 17.6 Å². The molecule has 1 aromatic rings. The zero-order chi connectivity index (χ0) is 12.1. The van der Waals surface area contributed by atoms with E-state index in [1.54, 1.807) is 6.92 Å². The van der Waals surface area contributed by atoms with E-state index in [-0.39, 0.29) is 12.3 Å². The lowest BCUT2D eigenvalue weighted by Crippen LogP contribution is -2.25. The Hall–Kier alpha value is -1.98. The summed E-state index contributed by atoms with van der Waals surface area (Å²) in [4.78, 5) is 22.0. The highest BCUT2D eigenvalue weighted by molar-refractivity contribution is 6.37. The van der Waals surface area contributed by atoms with Gasteiger partial charge in [0.25, 0.3) is 0 Å². The number of carbonyl (C=O) groups is 2. The molecule has 1 amide bonds. The van der Waals surface area contributed by atoms with Crippen molar-refractivity contribution in [3.63, 3.8) is 0 Å². The first-order valence-corrected chi connectivity index (χ1v) is 4.47. The molecule has 0 saturated heterocycles. The highest BCUT2D eigenvalue weighted by Crippen LogP contribution is 2.12. The molecule has 0 atom stereocenters. The number of rotatable bonds is 2. The van der Waals surface area contributed by atoms with Gasteiger partial charge in [0.15, 0.2) is 11.6 Å². The van der Waals surface area contributed by atoms with Gasteiger partial charge in [-0.3, -0.25) is 4.79 Å². The van der Waals surface area contributed by atoms with Crippen molar-refractivity contribution in [3.8, 4) is 0 Å². The van der Waals surface area contributed by atoms with Crippen LogP contribution in [-0.2, 0) is 14.3 Å². The number of carbonyl (C=O) groups excluding carboxylic acids is 2. The largest absolute Gasteiger partial charge is 0.459 e. The van der Waals surface area contributed by atoms with Gasteiger partial charge in [0.1, 0.15) is 0 Å². The Bertz CT molecular complexity index is 421. The molecule has 6 heteroatoms. The number of ether oxygens (including phenoxy) is 1. The molecule has 0 aliphatic carbocycles. The Balaban J connectivity index is 2.70. The van der Waals surface area contributed by atoms with E-state index in [2.05, 4.69) is 10.1 Å². The third kappa shape index (κ3) is 3.01. The lowest BCUT2D eigenvalue weighted by atomic mass is 10.3. The number of benzene rings is 1. The van der Waals surface area contributed by atoms with Crippen LogP contribution in [0.2, 0.25) is 0 Å². The lowest BCUT2D eigenvalue weighted by molar-refractivity contribution is -0.152. The Morgan fingerprint density at radius 2 is 2.00 bits per heavy atom. The standard InChI is InChI=1S/C10H9F2NO3/c1-2-16-10(15)9(14)13-6-3-4-7(11)8(12)5-6/h3-5H,2H2,1H3,(H,13,14). The van der Waals surface area contributed by atoms with Crippen LogP contribution in [0.4, 0.5) is 14.5 Å². The average Bonchev–Trinajstić information content (AvgIpc) is 2.24. The number of amides is 1. The minimum Gasteiger partial charge on any atom is -0.459 e. The molecule has 0 bridgehead atoms. The fraction of sp³-hybridized carbons (Fsp3) is 0.200. The molecule has 0 aromatic heterocycles. The third-order valence-electron chi connectivity index (χ3n) is 1.64. The summed E-state index contributed by atoms with van der Waals surface area (Å²) in [6.45, 7) is 1.60. The first-order chi connectivity index (χ1) is 7.54. The minimum atomic E-state index is -1.11. The average molecular weight is 229 g/mol. The highest BCUT2D eigenvalue weighted by atomic mass is 19.2. The summed E-state index contributed by atoms with van der Waals surface area (Å²) in [5, 5.41) is 2.07. The van der Waals surface area contributed by atoms with Crippen molar-refractivity contribution in [2.75, 3.05) is 11.9 Å². The number of esters is 1. The van der Waals surface area contributed by atoms with Crippen molar-refractivity contribution in [2.45, 2.75) is 6.92 Å². The maximum absolute atomic E-state index is 12.7. The van der Waals surface area contributed by atoms with Crippen molar-refractivity contribution in [1.82, 2.24) is 0 Å². The fourth-order valence-corrected chi connectivity index (χ4v) is 0.953. The molecule has 1 aromatic carbocycles. The second-order valence-corrected chi connectivity index (χ2v) is 2.80. The van der Waals surface area contributed by atoms with Gasteiger partial charge in [-0.05, 0) is 19.1 Å². The molecule has 0 radical (unpaired) electrons. The predicted octanol–water partition coefficient (Wildman–Crippen LogP) is 1.47. The van der Waals surface area contributed by atoms with Gasteiger partial charge in [-0.2, -0.15) is 0 Å². The number of hydrogen-bond donors (Lipinski definition) is 1. The highest BCUT2D eigenvalue weighted by Gasteiger charge is 2.15. The van der Waals surface area contributed by atoms with Crippen molar-refractivity contribution in [1.29, 1.82) is 0 Å². The summed E-state index contributed by atoms with van der Waals surface area (Å²) in [6.07, 6.45) is 0. The van der Waals surface area contributed by atoms with Gasteiger partial charge in [0, 0.05) is 11.8 Å². The van der Waals surface area contributed by atoms with E-state index in [1.165, 1.54) is 0 Å². The third-order valence-corrected chi connectivity index (χ3v) is 1.64. The van der Waals surface area contributed by atoms with Crippen LogP contribution in [0.25, 0.3) is 0 Å². The van der Waals surface area contributed by atoms with Gasteiger partial charge >= 0.3 is 11.9 Å². The van der Waals surface area contributed by atoms with Gasteiger partial charge in [-0.15, -0.1) is 0 Å². The summed E-state index contributed by atoms with van der Waals surface area (Å²) in [7, 11) is 0. The summed E-state index contributed by atoms with van der Waals surface area (Å²) < 4.78 is 29.7. The zero-order valence-electron chi connectivity index (χ0n) is 8.42. The molecular weight excluding hydrogens is 220 g/mol. The number of hydrogen-bond acceptors (Lipinski definition) is 3. The Kier molecular flexibility index (Phi) is 3.93. The number of anilines is 1. The summed E-state index contributed by atoms with van der Waals surface area (Å²) in [5.41, 5.74) is -0.0167. The van der Waals surface area contributed by atoms with Crippen LogP contribution in [0.3, 0.4) is 0 Å². The first-order valence-electron chi connectivity index (χ1n) is 4.47. The topological polar surface area (TPSA) is 55.4 Å². The van der Waals surface area contributed by atoms with Crippen LogP contribution in [0, 0.1) is 11.6 Å². The monoisotopic (exact) mass is 229 g/mol. The minimum absolute atomic E-state index is 0.0167.